The summed E-state index contributed by atoms with van der Waals surface area (Å²) < 4.78 is 19.2. The van der Waals surface area contributed by atoms with Crippen LogP contribution in [0.5, 0.6) is 0 Å². The molecule has 2 atom stereocenters. The van der Waals surface area contributed by atoms with Crippen LogP contribution in [0, 0.1) is 5.82 Å². The lowest BCUT2D eigenvalue weighted by Gasteiger charge is -2.32. The van der Waals surface area contributed by atoms with Crippen LogP contribution < -0.4 is 20.9 Å². The zero-order valence-corrected chi connectivity index (χ0v) is 12.3. The second-order valence-electron chi connectivity index (χ2n) is 6.04. The van der Waals surface area contributed by atoms with Crippen molar-refractivity contribution in [2.24, 2.45) is 0 Å². The van der Waals surface area contributed by atoms with Crippen molar-refractivity contribution >= 4 is 11.4 Å². The molecule has 4 rings (SSSR count). The third kappa shape index (κ3) is 2.44. The average Bonchev–Trinajstić information content (AvgIpc) is 2.74. The molecule has 120 valence electrons. The van der Waals surface area contributed by atoms with Crippen LogP contribution in [0.1, 0.15) is 24.6 Å². The molecule has 6 nitrogen and oxygen atoms in total. The average molecular weight is 308 g/mol. The molecule has 0 saturated carbocycles. The molecule has 1 aromatic rings. The molecule has 0 amide bonds. The smallest absolute Gasteiger partial charge is 0.155 e. The SMILES string of the molecule is OC1NCCN2c3c(cc(F)cc31)NC2NC1CCOCC1. The van der Waals surface area contributed by atoms with Crippen molar-refractivity contribution in [3.8, 4) is 0 Å². The largest absolute Gasteiger partial charge is 0.381 e. The Labute approximate surface area is 128 Å². The van der Waals surface area contributed by atoms with Gasteiger partial charge in [-0.25, -0.2) is 4.39 Å². The number of aliphatic hydroxyl groups excluding tert-OH is 1. The summed E-state index contributed by atoms with van der Waals surface area (Å²) in [7, 11) is 0. The highest BCUT2D eigenvalue weighted by Crippen LogP contribution is 2.41. The Morgan fingerprint density at radius 2 is 2.14 bits per heavy atom. The van der Waals surface area contributed by atoms with Gasteiger partial charge in [0, 0.05) is 37.9 Å². The van der Waals surface area contributed by atoms with Gasteiger partial charge >= 0.3 is 0 Å². The molecule has 0 aromatic heterocycles. The van der Waals surface area contributed by atoms with Crippen LogP contribution in [0.3, 0.4) is 0 Å². The van der Waals surface area contributed by atoms with E-state index in [0.29, 0.717) is 18.2 Å². The van der Waals surface area contributed by atoms with E-state index >= 15 is 0 Å². The molecule has 4 N–H and O–H groups in total. The maximum atomic E-state index is 13.8. The van der Waals surface area contributed by atoms with Crippen molar-refractivity contribution in [1.29, 1.82) is 0 Å². The Bertz CT molecular complexity index is 565. The zero-order valence-electron chi connectivity index (χ0n) is 12.3. The highest BCUT2D eigenvalue weighted by Gasteiger charge is 2.36. The first kappa shape index (κ1) is 14.2. The number of hydrogen-bond acceptors (Lipinski definition) is 6. The van der Waals surface area contributed by atoms with Crippen LogP contribution in [-0.4, -0.2) is 43.7 Å². The van der Waals surface area contributed by atoms with E-state index in [0.717, 1.165) is 44.0 Å². The first-order valence-corrected chi connectivity index (χ1v) is 7.84. The number of nitrogens with zero attached hydrogens (tertiary/aromatic N) is 1. The molecular formula is C15H21FN4O2. The van der Waals surface area contributed by atoms with Crippen molar-refractivity contribution in [3.05, 3.63) is 23.5 Å². The molecule has 3 aliphatic rings. The first-order valence-electron chi connectivity index (χ1n) is 7.84. The van der Waals surface area contributed by atoms with Crippen LogP contribution >= 0.6 is 0 Å². The van der Waals surface area contributed by atoms with Crippen molar-refractivity contribution in [3.63, 3.8) is 0 Å². The number of rotatable bonds is 2. The standard InChI is InChI=1S/C15H21FN4O2/c16-9-7-11-13-12(8-9)19-15(18-10-1-5-22-6-2-10)20(13)4-3-17-14(11)21/h7-8,10,14-15,17-19,21H,1-6H2. The number of nitrogens with one attached hydrogen (secondary N) is 3. The normalized spacial score (nSPS) is 28.2. The molecule has 0 radical (unpaired) electrons. The summed E-state index contributed by atoms with van der Waals surface area (Å²) in [6.07, 6.45) is 1.04. The minimum atomic E-state index is -0.835. The maximum absolute atomic E-state index is 13.8. The molecule has 22 heavy (non-hydrogen) atoms. The predicted octanol–water partition coefficient (Wildman–Crippen LogP) is 0.704. The Balaban J connectivity index is 1.62. The fraction of sp³-hybridized carbons (Fsp3) is 0.600. The van der Waals surface area contributed by atoms with Crippen molar-refractivity contribution in [2.45, 2.75) is 31.4 Å². The van der Waals surface area contributed by atoms with Gasteiger partial charge in [0.05, 0.1) is 11.4 Å². The molecule has 3 heterocycles. The zero-order chi connectivity index (χ0) is 15.1. The Hall–Kier alpha value is -1.41. The van der Waals surface area contributed by atoms with Gasteiger partial charge in [0.25, 0.3) is 0 Å². The quantitative estimate of drug-likeness (QED) is 0.645. The summed E-state index contributed by atoms with van der Waals surface area (Å²) in [4.78, 5) is 2.17. The van der Waals surface area contributed by atoms with Crippen LogP contribution in [-0.2, 0) is 4.74 Å². The summed E-state index contributed by atoms with van der Waals surface area (Å²) in [5, 5.41) is 20.1. The van der Waals surface area contributed by atoms with Crippen molar-refractivity contribution < 1.29 is 14.2 Å². The van der Waals surface area contributed by atoms with Gasteiger partial charge in [-0.2, -0.15) is 0 Å². The number of aliphatic hydroxyl groups is 1. The Kier molecular flexibility index (Phi) is 3.65. The van der Waals surface area contributed by atoms with Crippen LogP contribution in [0.15, 0.2) is 12.1 Å². The van der Waals surface area contributed by atoms with Crippen LogP contribution in [0.25, 0.3) is 0 Å². The van der Waals surface area contributed by atoms with Crippen molar-refractivity contribution in [1.82, 2.24) is 10.6 Å². The number of halogens is 1. The Morgan fingerprint density at radius 3 is 2.95 bits per heavy atom. The minimum absolute atomic E-state index is 0.0780. The fourth-order valence-corrected chi connectivity index (χ4v) is 3.51. The van der Waals surface area contributed by atoms with Gasteiger partial charge in [0.2, 0.25) is 0 Å². The van der Waals surface area contributed by atoms with Crippen LogP contribution in [0.2, 0.25) is 0 Å². The van der Waals surface area contributed by atoms with Gasteiger partial charge < -0.3 is 20.1 Å². The second-order valence-corrected chi connectivity index (χ2v) is 6.04. The maximum Gasteiger partial charge on any atom is 0.155 e. The molecule has 7 heteroatoms. The van der Waals surface area contributed by atoms with Gasteiger partial charge in [-0.1, -0.05) is 0 Å². The molecule has 0 aliphatic carbocycles. The molecular weight excluding hydrogens is 287 g/mol. The summed E-state index contributed by atoms with van der Waals surface area (Å²) in [5.41, 5.74) is 2.22. The summed E-state index contributed by atoms with van der Waals surface area (Å²) in [5.74, 6) is -0.337. The van der Waals surface area contributed by atoms with Gasteiger partial charge in [-0.05, 0) is 25.0 Å². The number of anilines is 2. The molecule has 1 saturated heterocycles. The first-order chi connectivity index (χ1) is 10.7. The third-order valence-corrected chi connectivity index (χ3v) is 4.60. The summed E-state index contributed by atoms with van der Waals surface area (Å²) in [6.45, 7) is 2.94. The van der Waals surface area contributed by atoms with E-state index in [2.05, 4.69) is 20.9 Å². The molecule has 2 unspecified atom stereocenters. The number of hydrogen-bond donors (Lipinski definition) is 4. The fourth-order valence-electron chi connectivity index (χ4n) is 3.51. The van der Waals surface area contributed by atoms with E-state index in [9.17, 15) is 9.50 Å². The summed E-state index contributed by atoms with van der Waals surface area (Å²) >= 11 is 0. The van der Waals surface area contributed by atoms with Crippen molar-refractivity contribution in [2.75, 3.05) is 36.5 Å². The lowest BCUT2D eigenvalue weighted by molar-refractivity contribution is 0.0758. The third-order valence-electron chi connectivity index (χ3n) is 4.60. The monoisotopic (exact) mass is 308 g/mol. The second kappa shape index (κ2) is 5.66. The molecule has 0 spiro atoms. The van der Waals surface area contributed by atoms with Gasteiger partial charge in [-0.15, -0.1) is 0 Å². The lowest BCUT2D eigenvalue weighted by atomic mass is 10.1. The molecule has 1 aromatic carbocycles. The number of benzene rings is 1. The minimum Gasteiger partial charge on any atom is -0.381 e. The number of ether oxygens (including phenoxy) is 1. The van der Waals surface area contributed by atoms with E-state index in [-0.39, 0.29) is 12.1 Å². The van der Waals surface area contributed by atoms with E-state index < -0.39 is 6.23 Å². The van der Waals surface area contributed by atoms with Crippen LogP contribution in [0.4, 0.5) is 15.8 Å². The predicted molar refractivity (Wildman–Crippen MR) is 81.1 cm³/mol. The Morgan fingerprint density at radius 1 is 1.32 bits per heavy atom. The highest BCUT2D eigenvalue weighted by molar-refractivity contribution is 5.80. The lowest BCUT2D eigenvalue weighted by Crippen LogP contribution is -2.53. The van der Waals surface area contributed by atoms with E-state index in [4.69, 9.17) is 4.74 Å². The van der Waals surface area contributed by atoms with E-state index in [1.54, 1.807) is 0 Å². The van der Waals surface area contributed by atoms with E-state index in [1.807, 2.05) is 0 Å². The topological polar surface area (TPSA) is 68.8 Å². The molecule has 1 fully saturated rings. The molecule has 0 bridgehead atoms. The molecule has 3 aliphatic heterocycles. The van der Waals surface area contributed by atoms with Gasteiger partial charge in [0.1, 0.15) is 12.0 Å². The van der Waals surface area contributed by atoms with Gasteiger partial charge in [0.15, 0.2) is 6.29 Å². The van der Waals surface area contributed by atoms with Gasteiger partial charge in [-0.3, -0.25) is 10.6 Å². The van der Waals surface area contributed by atoms with E-state index in [1.165, 1.54) is 12.1 Å². The summed E-state index contributed by atoms with van der Waals surface area (Å²) in [6, 6.07) is 3.29. The highest BCUT2D eigenvalue weighted by atomic mass is 19.1.